The Morgan fingerprint density at radius 1 is 1.26 bits per heavy atom. The molecule has 7 heteroatoms. The van der Waals surface area contributed by atoms with Gasteiger partial charge in [0.15, 0.2) is 5.69 Å². The first-order chi connectivity index (χ1) is 8.89. The van der Waals surface area contributed by atoms with Crippen molar-refractivity contribution in [3.63, 3.8) is 0 Å². The smallest absolute Gasteiger partial charge is 0.381 e. The van der Waals surface area contributed by atoms with Crippen molar-refractivity contribution in [2.75, 3.05) is 25.1 Å². The predicted molar refractivity (Wildman–Crippen MR) is 63.7 cm³/mol. The molecule has 0 aliphatic carbocycles. The summed E-state index contributed by atoms with van der Waals surface area (Å²) in [5, 5.41) is 9.76. The summed E-state index contributed by atoms with van der Waals surface area (Å²) in [6, 6.07) is 2.24. The van der Waals surface area contributed by atoms with Gasteiger partial charge in [-0.15, -0.1) is 10.2 Å². The Balaban J connectivity index is 1.93. The Bertz CT molecular complexity index is 413. The largest absolute Gasteiger partial charge is 0.435 e. The number of nitrogens with zero attached hydrogens (tertiary/aromatic N) is 2. The number of rotatable bonds is 3. The molecule has 19 heavy (non-hydrogen) atoms. The molecular weight excluding hydrogens is 259 g/mol. The number of hydrogen-bond donors (Lipinski definition) is 1. The lowest BCUT2D eigenvalue weighted by Gasteiger charge is -2.33. The average molecular weight is 275 g/mol. The molecule has 0 aromatic carbocycles. The summed E-state index contributed by atoms with van der Waals surface area (Å²) in [4.78, 5) is 0. The number of nitrogens with one attached hydrogen (secondary N) is 1. The van der Waals surface area contributed by atoms with Crippen molar-refractivity contribution in [3.8, 4) is 0 Å². The summed E-state index contributed by atoms with van der Waals surface area (Å²) < 4.78 is 42.3. The van der Waals surface area contributed by atoms with E-state index < -0.39 is 11.9 Å². The van der Waals surface area contributed by atoms with Crippen molar-refractivity contribution in [1.29, 1.82) is 0 Å². The van der Waals surface area contributed by atoms with Crippen molar-refractivity contribution >= 4 is 5.82 Å². The monoisotopic (exact) mass is 275 g/mol. The molecule has 1 saturated heterocycles. The van der Waals surface area contributed by atoms with Gasteiger partial charge in [0.25, 0.3) is 0 Å². The quantitative estimate of drug-likeness (QED) is 0.921. The standard InChI is InChI=1S/C12H16F3N3O/c1-11(4-6-19-7-5-11)8-16-10-3-2-9(17-18-10)12(13,14)15/h2-3H,4-8H2,1H3,(H,16,18). The maximum absolute atomic E-state index is 12.3. The van der Waals surface area contributed by atoms with Gasteiger partial charge in [0.05, 0.1) is 0 Å². The third-order valence-electron chi connectivity index (χ3n) is 3.35. The highest BCUT2D eigenvalue weighted by Crippen LogP contribution is 2.30. The number of ether oxygens (including phenoxy) is 1. The molecule has 0 saturated carbocycles. The molecule has 1 aromatic heterocycles. The highest BCUT2D eigenvalue weighted by Gasteiger charge is 2.33. The molecule has 1 aliphatic heterocycles. The van der Waals surface area contributed by atoms with Gasteiger partial charge in [-0.3, -0.25) is 0 Å². The Labute approximate surface area is 109 Å². The first-order valence-corrected chi connectivity index (χ1v) is 6.12. The van der Waals surface area contributed by atoms with Crippen LogP contribution >= 0.6 is 0 Å². The minimum atomic E-state index is -4.45. The van der Waals surface area contributed by atoms with Gasteiger partial charge in [-0.25, -0.2) is 0 Å². The van der Waals surface area contributed by atoms with E-state index in [4.69, 9.17) is 4.74 Å². The normalized spacial score (nSPS) is 19.2. The lowest BCUT2D eigenvalue weighted by molar-refractivity contribution is -0.141. The van der Waals surface area contributed by atoms with E-state index in [9.17, 15) is 13.2 Å². The lowest BCUT2D eigenvalue weighted by atomic mass is 9.82. The predicted octanol–water partition coefficient (Wildman–Crippen LogP) is 2.72. The van der Waals surface area contributed by atoms with Crippen molar-refractivity contribution in [2.45, 2.75) is 25.9 Å². The fourth-order valence-electron chi connectivity index (χ4n) is 1.92. The zero-order valence-electron chi connectivity index (χ0n) is 10.6. The van der Waals surface area contributed by atoms with E-state index in [-0.39, 0.29) is 5.41 Å². The molecule has 0 atom stereocenters. The van der Waals surface area contributed by atoms with Gasteiger partial charge < -0.3 is 10.1 Å². The Kier molecular flexibility index (Phi) is 3.93. The maximum atomic E-state index is 12.3. The van der Waals surface area contributed by atoms with Gasteiger partial charge in [0.1, 0.15) is 5.82 Å². The fourth-order valence-corrected chi connectivity index (χ4v) is 1.92. The van der Waals surface area contributed by atoms with Crippen LogP contribution in [0, 0.1) is 5.41 Å². The average Bonchev–Trinajstić information content (AvgIpc) is 2.37. The number of anilines is 1. The Morgan fingerprint density at radius 3 is 2.47 bits per heavy atom. The SMILES string of the molecule is CC1(CNc2ccc(C(F)(F)F)nn2)CCOCC1. The van der Waals surface area contributed by atoms with Gasteiger partial charge >= 0.3 is 6.18 Å². The molecule has 0 bridgehead atoms. The molecule has 0 radical (unpaired) electrons. The summed E-state index contributed by atoms with van der Waals surface area (Å²) in [6.07, 6.45) is -2.60. The van der Waals surface area contributed by atoms with Crippen LogP contribution in [-0.2, 0) is 10.9 Å². The van der Waals surface area contributed by atoms with Gasteiger partial charge in [0, 0.05) is 19.8 Å². The molecule has 0 unspecified atom stereocenters. The number of alkyl halides is 3. The summed E-state index contributed by atoms with van der Waals surface area (Å²) >= 11 is 0. The van der Waals surface area contributed by atoms with Crippen molar-refractivity contribution < 1.29 is 17.9 Å². The molecule has 0 amide bonds. The van der Waals surface area contributed by atoms with Gasteiger partial charge in [0.2, 0.25) is 0 Å². The minimum absolute atomic E-state index is 0.0859. The molecule has 1 fully saturated rings. The third kappa shape index (κ3) is 3.79. The van der Waals surface area contributed by atoms with Crippen LogP contribution in [0.2, 0.25) is 0 Å². The van der Waals surface area contributed by atoms with Crippen molar-refractivity contribution in [2.24, 2.45) is 5.41 Å². The highest BCUT2D eigenvalue weighted by molar-refractivity contribution is 5.33. The van der Waals surface area contributed by atoms with E-state index in [0.717, 1.165) is 32.1 Å². The summed E-state index contributed by atoms with van der Waals surface area (Å²) in [5.41, 5.74) is -0.891. The Hall–Kier alpha value is -1.37. The van der Waals surface area contributed by atoms with E-state index in [1.54, 1.807) is 0 Å². The second kappa shape index (κ2) is 5.32. The van der Waals surface area contributed by atoms with Gasteiger partial charge in [-0.05, 0) is 30.4 Å². The van der Waals surface area contributed by atoms with Crippen LogP contribution in [0.5, 0.6) is 0 Å². The van der Waals surface area contributed by atoms with Gasteiger partial charge in [-0.2, -0.15) is 13.2 Å². The van der Waals surface area contributed by atoms with E-state index in [1.807, 2.05) is 0 Å². The molecule has 0 spiro atoms. The van der Waals surface area contributed by atoms with E-state index >= 15 is 0 Å². The second-order valence-electron chi connectivity index (χ2n) is 5.08. The van der Waals surface area contributed by atoms with Crippen molar-refractivity contribution in [3.05, 3.63) is 17.8 Å². The van der Waals surface area contributed by atoms with Crippen LogP contribution < -0.4 is 5.32 Å². The number of aromatic nitrogens is 2. The zero-order valence-corrected chi connectivity index (χ0v) is 10.6. The minimum Gasteiger partial charge on any atom is -0.381 e. The van der Waals surface area contributed by atoms with Crippen molar-refractivity contribution in [1.82, 2.24) is 10.2 Å². The topological polar surface area (TPSA) is 47.0 Å². The molecule has 4 nitrogen and oxygen atoms in total. The first-order valence-electron chi connectivity index (χ1n) is 6.12. The molecular formula is C12H16F3N3O. The number of halogens is 3. The molecule has 1 aromatic rings. The summed E-state index contributed by atoms with van der Waals surface area (Å²) in [6.45, 7) is 4.21. The molecule has 1 N–H and O–H groups in total. The number of hydrogen-bond acceptors (Lipinski definition) is 4. The van der Waals surface area contributed by atoms with Crippen LogP contribution in [0.1, 0.15) is 25.5 Å². The third-order valence-corrected chi connectivity index (χ3v) is 3.35. The first kappa shape index (κ1) is 14.0. The van der Waals surface area contributed by atoms with Crippen LogP contribution in [-0.4, -0.2) is 30.0 Å². The molecule has 2 heterocycles. The summed E-state index contributed by atoms with van der Waals surface area (Å²) in [7, 11) is 0. The maximum Gasteiger partial charge on any atom is 0.435 e. The van der Waals surface area contributed by atoms with E-state index in [1.165, 1.54) is 6.07 Å². The van der Waals surface area contributed by atoms with Crippen LogP contribution in [0.15, 0.2) is 12.1 Å². The molecule has 2 rings (SSSR count). The zero-order chi connectivity index (χ0) is 13.9. The van der Waals surface area contributed by atoms with Gasteiger partial charge in [-0.1, -0.05) is 6.92 Å². The lowest BCUT2D eigenvalue weighted by Crippen LogP contribution is -2.33. The second-order valence-corrected chi connectivity index (χ2v) is 5.08. The highest BCUT2D eigenvalue weighted by atomic mass is 19.4. The van der Waals surface area contributed by atoms with Crippen LogP contribution in [0.3, 0.4) is 0 Å². The van der Waals surface area contributed by atoms with E-state index in [2.05, 4.69) is 22.4 Å². The summed E-state index contributed by atoms with van der Waals surface area (Å²) in [5.74, 6) is 0.362. The van der Waals surface area contributed by atoms with E-state index in [0.29, 0.717) is 12.4 Å². The van der Waals surface area contributed by atoms with Crippen LogP contribution in [0.4, 0.5) is 19.0 Å². The Morgan fingerprint density at radius 2 is 1.95 bits per heavy atom. The molecule has 1 aliphatic rings. The molecule has 106 valence electrons. The fraction of sp³-hybridized carbons (Fsp3) is 0.667. The van der Waals surface area contributed by atoms with Crippen LogP contribution in [0.25, 0.3) is 0 Å².